The number of nitrogens with zero attached hydrogens (tertiary/aromatic N) is 3. The molecule has 30 heavy (non-hydrogen) atoms. The lowest BCUT2D eigenvalue weighted by atomic mass is 9.98. The molecular formula is C22H22F2N4O2. The molecule has 2 saturated heterocycles. The maximum absolute atomic E-state index is 13.9. The fraction of sp³-hybridized carbons (Fsp3) is 0.364. The number of fused-ring (bicyclic) bond motifs is 1. The van der Waals surface area contributed by atoms with E-state index in [4.69, 9.17) is 0 Å². The molecular weight excluding hydrogens is 390 g/mol. The van der Waals surface area contributed by atoms with Crippen LogP contribution in [0.3, 0.4) is 0 Å². The third-order valence-corrected chi connectivity index (χ3v) is 6.32. The Kier molecular flexibility index (Phi) is 4.66. The predicted octanol–water partition coefficient (Wildman–Crippen LogP) is 2.77. The second kappa shape index (κ2) is 7.36. The molecule has 0 atom stereocenters. The largest absolute Gasteiger partial charge is 0.335 e. The average molecular weight is 412 g/mol. The van der Waals surface area contributed by atoms with Gasteiger partial charge in [0.1, 0.15) is 11.6 Å². The number of piperidine rings is 1. The van der Waals surface area contributed by atoms with Crippen LogP contribution in [-0.2, 0) is 0 Å². The summed E-state index contributed by atoms with van der Waals surface area (Å²) >= 11 is 0. The minimum absolute atomic E-state index is 0.0728. The Labute approximate surface area is 171 Å². The van der Waals surface area contributed by atoms with Crippen molar-refractivity contribution in [2.45, 2.75) is 24.9 Å². The number of nitrogens with one attached hydrogen (secondary N) is 1. The van der Waals surface area contributed by atoms with E-state index in [1.165, 1.54) is 6.07 Å². The summed E-state index contributed by atoms with van der Waals surface area (Å²) in [7, 11) is 0. The van der Waals surface area contributed by atoms with Gasteiger partial charge in [0.05, 0.1) is 16.6 Å². The molecule has 1 aromatic heterocycles. The van der Waals surface area contributed by atoms with Crippen molar-refractivity contribution in [2.24, 2.45) is 0 Å². The lowest BCUT2D eigenvalue weighted by molar-refractivity contribution is 0.0150. The van der Waals surface area contributed by atoms with Gasteiger partial charge >= 0.3 is 5.69 Å². The van der Waals surface area contributed by atoms with Crippen LogP contribution in [0.25, 0.3) is 11.0 Å². The third kappa shape index (κ3) is 3.21. The Morgan fingerprint density at radius 1 is 1.00 bits per heavy atom. The van der Waals surface area contributed by atoms with E-state index in [1.54, 1.807) is 4.90 Å². The van der Waals surface area contributed by atoms with Crippen LogP contribution >= 0.6 is 0 Å². The number of amides is 1. The summed E-state index contributed by atoms with van der Waals surface area (Å²) in [6.07, 6.45) is 1.72. The molecule has 0 unspecified atom stereocenters. The zero-order valence-corrected chi connectivity index (χ0v) is 16.4. The smallest absolute Gasteiger partial charge is 0.326 e. The Bertz CT molecular complexity index is 1160. The lowest BCUT2D eigenvalue weighted by Crippen LogP contribution is -2.62. The quantitative estimate of drug-likeness (QED) is 0.720. The number of para-hydroxylation sites is 2. The van der Waals surface area contributed by atoms with Gasteiger partial charge in [-0.2, -0.15) is 0 Å². The van der Waals surface area contributed by atoms with Crippen molar-refractivity contribution in [3.8, 4) is 0 Å². The van der Waals surface area contributed by atoms with Crippen LogP contribution in [0.15, 0.2) is 47.3 Å². The second-order valence-electron chi connectivity index (χ2n) is 8.07. The molecule has 0 bridgehead atoms. The Morgan fingerprint density at radius 2 is 1.73 bits per heavy atom. The van der Waals surface area contributed by atoms with E-state index in [9.17, 15) is 18.4 Å². The summed E-state index contributed by atoms with van der Waals surface area (Å²) in [6, 6.07) is 11.1. The summed E-state index contributed by atoms with van der Waals surface area (Å²) in [6.45, 7) is 2.75. The summed E-state index contributed by atoms with van der Waals surface area (Å²) in [5.74, 6) is -1.92. The van der Waals surface area contributed by atoms with Gasteiger partial charge in [-0.15, -0.1) is 0 Å². The van der Waals surface area contributed by atoms with Crippen LogP contribution in [0.5, 0.6) is 0 Å². The van der Waals surface area contributed by atoms with Crippen LogP contribution in [0, 0.1) is 11.6 Å². The predicted molar refractivity (Wildman–Crippen MR) is 108 cm³/mol. The lowest BCUT2D eigenvalue weighted by Gasteiger charge is -2.47. The molecule has 0 spiro atoms. The van der Waals surface area contributed by atoms with Gasteiger partial charge in [-0.3, -0.25) is 14.3 Å². The van der Waals surface area contributed by atoms with E-state index >= 15 is 0 Å². The van der Waals surface area contributed by atoms with Crippen molar-refractivity contribution in [3.63, 3.8) is 0 Å². The van der Waals surface area contributed by atoms with Gasteiger partial charge in [0.2, 0.25) is 0 Å². The first kappa shape index (κ1) is 19.0. The van der Waals surface area contributed by atoms with Crippen LogP contribution < -0.4 is 5.69 Å². The molecule has 2 aliphatic rings. The highest BCUT2D eigenvalue weighted by Crippen LogP contribution is 2.28. The van der Waals surface area contributed by atoms with Gasteiger partial charge < -0.3 is 9.88 Å². The van der Waals surface area contributed by atoms with E-state index in [0.29, 0.717) is 13.1 Å². The first-order chi connectivity index (χ1) is 14.5. The number of hydrogen-bond donors (Lipinski definition) is 1. The van der Waals surface area contributed by atoms with Gasteiger partial charge in [0.25, 0.3) is 5.91 Å². The van der Waals surface area contributed by atoms with E-state index in [1.807, 2.05) is 28.8 Å². The van der Waals surface area contributed by atoms with Gasteiger partial charge in [-0.25, -0.2) is 13.6 Å². The molecule has 0 radical (unpaired) electrons. The molecule has 3 heterocycles. The minimum atomic E-state index is -0.826. The molecule has 2 aliphatic heterocycles. The van der Waals surface area contributed by atoms with Gasteiger partial charge in [-0.05, 0) is 37.1 Å². The number of hydrogen-bond acceptors (Lipinski definition) is 3. The number of H-pyrrole nitrogens is 1. The molecule has 156 valence electrons. The normalized spacial score (nSPS) is 18.7. The molecule has 1 N–H and O–H groups in total. The number of rotatable bonds is 3. The number of carbonyl (C=O) groups excluding carboxylic acids is 1. The Hall–Kier alpha value is -3.00. The number of aromatic nitrogens is 2. The maximum Gasteiger partial charge on any atom is 0.326 e. The van der Waals surface area contributed by atoms with Crippen molar-refractivity contribution >= 4 is 16.9 Å². The molecule has 0 aliphatic carbocycles. The van der Waals surface area contributed by atoms with Crippen molar-refractivity contribution in [3.05, 3.63) is 70.1 Å². The fourth-order valence-electron chi connectivity index (χ4n) is 4.63. The molecule has 5 rings (SSSR count). The molecule has 8 heteroatoms. The van der Waals surface area contributed by atoms with Gasteiger partial charge in [0.15, 0.2) is 0 Å². The highest BCUT2D eigenvalue weighted by atomic mass is 19.1. The molecule has 2 fully saturated rings. The number of benzene rings is 2. The number of aromatic amines is 1. The highest BCUT2D eigenvalue weighted by Gasteiger charge is 2.37. The standard InChI is InChI=1S/C22H22F2N4O2/c23-14-5-6-17(18(24)11-14)21(29)27-12-16(13-27)26-9-7-15(8-10-26)28-20-4-2-1-3-19(20)25-22(28)30/h1-6,11,15-16H,7-10,12-13H2,(H,25,30). The first-order valence-electron chi connectivity index (χ1n) is 10.2. The first-order valence-corrected chi connectivity index (χ1v) is 10.2. The zero-order chi connectivity index (χ0) is 20.8. The Balaban J connectivity index is 1.20. The SMILES string of the molecule is O=C(c1ccc(F)cc1F)N1CC(N2CCC(n3c(=O)[nH]c4ccccc43)CC2)C1. The topological polar surface area (TPSA) is 61.3 Å². The molecule has 0 saturated carbocycles. The molecule has 2 aromatic carbocycles. The van der Waals surface area contributed by atoms with Gasteiger partial charge in [0, 0.05) is 44.3 Å². The fourth-order valence-corrected chi connectivity index (χ4v) is 4.63. The number of likely N-dealkylation sites (tertiary alicyclic amines) is 2. The van der Waals surface area contributed by atoms with Crippen LogP contribution in [-0.4, -0.2) is 57.5 Å². The average Bonchev–Trinajstić information content (AvgIpc) is 3.03. The molecule has 6 nitrogen and oxygen atoms in total. The minimum Gasteiger partial charge on any atom is -0.335 e. The summed E-state index contributed by atoms with van der Waals surface area (Å²) in [5, 5.41) is 0. The summed E-state index contributed by atoms with van der Waals surface area (Å²) < 4.78 is 28.8. The highest BCUT2D eigenvalue weighted by molar-refractivity contribution is 5.95. The van der Waals surface area contributed by atoms with E-state index in [-0.39, 0.29) is 23.3 Å². The van der Waals surface area contributed by atoms with Crippen molar-refractivity contribution < 1.29 is 13.6 Å². The summed E-state index contributed by atoms with van der Waals surface area (Å²) in [5.41, 5.74) is 1.62. The van der Waals surface area contributed by atoms with Crippen molar-refractivity contribution in [1.29, 1.82) is 0 Å². The van der Waals surface area contributed by atoms with Crippen molar-refractivity contribution in [1.82, 2.24) is 19.4 Å². The van der Waals surface area contributed by atoms with E-state index < -0.39 is 17.5 Å². The molecule has 1 amide bonds. The number of carbonyl (C=O) groups is 1. The second-order valence-corrected chi connectivity index (χ2v) is 8.07. The number of halogens is 2. The van der Waals surface area contributed by atoms with Gasteiger partial charge in [-0.1, -0.05) is 12.1 Å². The zero-order valence-electron chi connectivity index (χ0n) is 16.4. The van der Waals surface area contributed by atoms with E-state index in [0.717, 1.165) is 49.1 Å². The summed E-state index contributed by atoms with van der Waals surface area (Å²) in [4.78, 5) is 31.7. The Morgan fingerprint density at radius 3 is 2.47 bits per heavy atom. The van der Waals surface area contributed by atoms with Crippen LogP contribution in [0.2, 0.25) is 0 Å². The monoisotopic (exact) mass is 412 g/mol. The number of imidazole rings is 1. The molecule has 3 aromatic rings. The van der Waals surface area contributed by atoms with Crippen LogP contribution in [0.1, 0.15) is 29.2 Å². The van der Waals surface area contributed by atoms with Crippen molar-refractivity contribution in [2.75, 3.05) is 26.2 Å². The third-order valence-electron chi connectivity index (χ3n) is 6.32. The van der Waals surface area contributed by atoms with E-state index in [2.05, 4.69) is 9.88 Å². The maximum atomic E-state index is 13.9. The van der Waals surface area contributed by atoms with Crippen LogP contribution in [0.4, 0.5) is 8.78 Å².